The van der Waals surface area contributed by atoms with Crippen LogP contribution in [0.1, 0.15) is 64.2 Å². The van der Waals surface area contributed by atoms with Gasteiger partial charge in [0.15, 0.2) is 0 Å². The molecule has 0 aliphatic rings. The molecule has 126 valence electrons. The van der Waals surface area contributed by atoms with E-state index in [9.17, 15) is 14.4 Å². The van der Waals surface area contributed by atoms with E-state index in [2.05, 4.69) is 11.9 Å². The molecule has 0 saturated heterocycles. The first-order valence-electron chi connectivity index (χ1n) is 7.82. The van der Waals surface area contributed by atoms with Crippen LogP contribution >= 0.6 is 0 Å². The van der Waals surface area contributed by atoms with Crippen molar-refractivity contribution in [1.82, 2.24) is 5.32 Å². The molecule has 0 rings (SSSR count). The number of allylic oxidation sites excluding steroid dienone is 1. The molecule has 0 saturated carbocycles. The van der Waals surface area contributed by atoms with Crippen LogP contribution in [0.5, 0.6) is 0 Å². The molecule has 0 radical (unpaired) electrons. The topological polar surface area (TPSA) is 104 Å². The number of unbranched alkanes of at least 4 members (excludes halogenated alkanes) is 6. The molecule has 0 aromatic heterocycles. The second-order valence-corrected chi connectivity index (χ2v) is 5.34. The first-order valence-corrected chi connectivity index (χ1v) is 7.82. The van der Waals surface area contributed by atoms with Gasteiger partial charge < -0.3 is 15.5 Å². The maximum absolute atomic E-state index is 11.6. The monoisotopic (exact) mass is 313 g/mol. The zero-order chi connectivity index (χ0) is 16.8. The van der Waals surface area contributed by atoms with Gasteiger partial charge in [0.1, 0.15) is 6.04 Å². The van der Waals surface area contributed by atoms with E-state index in [0.717, 1.165) is 44.9 Å². The summed E-state index contributed by atoms with van der Waals surface area (Å²) in [5, 5.41) is 19.9. The molecule has 1 atom stereocenters. The zero-order valence-electron chi connectivity index (χ0n) is 13.1. The molecule has 0 aliphatic heterocycles. The molecule has 3 N–H and O–H groups in total. The number of hydrogen-bond acceptors (Lipinski definition) is 3. The first-order chi connectivity index (χ1) is 10.5. The molecule has 0 unspecified atom stereocenters. The van der Waals surface area contributed by atoms with Gasteiger partial charge in [0.2, 0.25) is 5.91 Å². The second kappa shape index (κ2) is 12.9. The third-order valence-corrected chi connectivity index (χ3v) is 3.34. The average molecular weight is 313 g/mol. The number of rotatable bonds is 14. The molecule has 22 heavy (non-hydrogen) atoms. The molecule has 0 heterocycles. The quantitative estimate of drug-likeness (QED) is 0.338. The SMILES string of the molecule is C=CCCCCCCCCC(=O)N[C@@H](CCC(=O)O)C(=O)O. The van der Waals surface area contributed by atoms with E-state index >= 15 is 0 Å². The van der Waals surface area contributed by atoms with Crippen molar-refractivity contribution in [3.8, 4) is 0 Å². The molecular formula is C16H27NO5. The Hall–Kier alpha value is -1.85. The summed E-state index contributed by atoms with van der Waals surface area (Å²) in [6, 6.07) is -1.12. The molecule has 0 bridgehead atoms. The van der Waals surface area contributed by atoms with Gasteiger partial charge in [-0.05, 0) is 25.7 Å². The van der Waals surface area contributed by atoms with Gasteiger partial charge in [-0.2, -0.15) is 0 Å². The van der Waals surface area contributed by atoms with Crippen LogP contribution in [0, 0.1) is 0 Å². The summed E-state index contributed by atoms with van der Waals surface area (Å²) >= 11 is 0. The van der Waals surface area contributed by atoms with Crippen LogP contribution in [0.3, 0.4) is 0 Å². The van der Waals surface area contributed by atoms with Gasteiger partial charge in [0.25, 0.3) is 0 Å². The van der Waals surface area contributed by atoms with E-state index in [4.69, 9.17) is 10.2 Å². The fraction of sp³-hybridized carbons (Fsp3) is 0.688. The Bertz CT molecular complexity index is 368. The van der Waals surface area contributed by atoms with Crippen molar-refractivity contribution in [2.45, 2.75) is 70.3 Å². The fourth-order valence-electron chi connectivity index (χ4n) is 2.07. The van der Waals surface area contributed by atoms with E-state index in [1.165, 1.54) is 0 Å². The number of carbonyl (C=O) groups excluding carboxylic acids is 1. The van der Waals surface area contributed by atoms with Crippen molar-refractivity contribution in [3.05, 3.63) is 12.7 Å². The van der Waals surface area contributed by atoms with Gasteiger partial charge in [0.05, 0.1) is 0 Å². The largest absolute Gasteiger partial charge is 0.481 e. The van der Waals surface area contributed by atoms with E-state index < -0.39 is 18.0 Å². The lowest BCUT2D eigenvalue weighted by atomic mass is 10.1. The number of hydrogen-bond donors (Lipinski definition) is 3. The van der Waals surface area contributed by atoms with Crippen molar-refractivity contribution in [2.75, 3.05) is 0 Å². The third-order valence-electron chi connectivity index (χ3n) is 3.34. The third kappa shape index (κ3) is 11.9. The highest BCUT2D eigenvalue weighted by molar-refractivity contribution is 5.83. The summed E-state index contributed by atoms with van der Waals surface area (Å²) in [6.07, 6.45) is 9.01. The first kappa shape index (κ1) is 20.1. The summed E-state index contributed by atoms with van der Waals surface area (Å²) < 4.78 is 0. The maximum Gasteiger partial charge on any atom is 0.326 e. The standard InChI is InChI=1S/C16H27NO5/c1-2-3-4-5-6-7-8-9-10-14(18)17-13(16(21)22)11-12-15(19)20/h2,13H,1,3-12H2,(H,17,18)(H,19,20)(H,21,22)/t13-/m0/s1. The molecular weight excluding hydrogens is 286 g/mol. The summed E-state index contributed by atoms with van der Waals surface area (Å²) in [5.41, 5.74) is 0. The van der Waals surface area contributed by atoms with Gasteiger partial charge in [-0.25, -0.2) is 4.79 Å². The van der Waals surface area contributed by atoms with Gasteiger partial charge >= 0.3 is 11.9 Å². The molecule has 6 nitrogen and oxygen atoms in total. The minimum absolute atomic E-state index is 0.0975. The minimum atomic E-state index is -1.20. The van der Waals surface area contributed by atoms with Gasteiger partial charge in [0, 0.05) is 12.8 Å². The van der Waals surface area contributed by atoms with E-state index in [0.29, 0.717) is 0 Å². The summed E-state index contributed by atoms with van der Waals surface area (Å²) in [5.74, 6) is -2.60. The Morgan fingerprint density at radius 3 is 2.09 bits per heavy atom. The molecule has 0 aromatic carbocycles. The van der Waals surface area contributed by atoms with Gasteiger partial charge in [-0.15, -0.1) is 6.58 Å². The highest BCUT2D eigenvalue weighted by Gasteiger charge is 2.20. The Balaban J connectivity index is 3.74. The Kier molecular flexibility index (Phi) is 11.8. The summed E-state index contributed by atoms with van der Waals surface area (Å²) in [6.45, 7) is 3.67. The number of aliphatic carboxylic acids is 2. The van der Waals surface area contributed by atoms with Crippen LogP contribution in [-0.2, 0) is 14.4 Å². The van der Waals surface area contributed by atoms with Crippen molar-refractivity contribution < 1.29 is 24.6 Å². The molecule has 0 fully saturated rings. The van der Waals surface area contributed by atoms with Crippen LogP contribution in [0.4, 0.5) is 0 Å². The average Bonchev–Trinajstić information content (AvgIpc) is 2.45. The predicted molar refractivity (Wildman–Crippen MR) is 83.6 cm³/mol. The van der Waals surface area contributed by atoms with E-state index in [1.807, 2.05) is 6.08 Å². The molecule has 1 amide bonds. The highest BCUT2D eigenvalue weighted by atomic mass is 16.4. The van der Waals surface area contributed by atoms with Crippen LogP contribution in [0.2, 0.25) is 0 Å². The number of amides is 1. The summed E-state index contributed by atoms with van der Waals surface area (Å²) in [4.78, 5) is 33.0. The van der Waals surface area contributed by atoms with E-state index in [-0.39, 0.29) is 25.2 Å². The zero-order valence-corrected chi connectivity index (χ0v) is 13.1. The minimum Gasteiger partial charge on any atom is -0.481 e. The smallest absolute Gasteiger partial charge is 0.326 e. The number of nitrogens with one attached hydrogen (secondary N) is 1. The lowest BCUT2D eigenvalue weighted by Gasteiger charge is -2.13. The molecule has 0 aromatic rings. The van der Waals surface area contributed by atoms with Crippen molar-refractivity contribution in [3.63, 3.8) is 0 Å². The Morgan fingerprint density at radius 2 is 1.55 bits per heavy atom. The van der Waals surface area contributed by atoms with Crippen molar-refractivity contribution >= 4 is 17.8 Å². The van der Waals surface area contributed by atoms with Crippen molar-refractivity contribution in [2.24, 2.45) is 0 Å². The molecule has 0 spiro atoms. The highest BCUT2D eigenvalue weighted by Crippen LogP contribution is 2.09. The Morgan fingerprint density at radius 1 is 0.955 bits per heavy atom. The second-order valence-electron chi connectivity index (χ2n) is 5.34. The van der Waals surface area contributed by atoms with Crippen LogP contribution in [-0.4, -0.2) is 34.1 Å². The van der Waals surface area contributed by atoms with Gasteiger partial charge in [-0.3, -0.25) is 9.59 Å². The number of carboxylic acids is 2. The van der Waals surface area contributed by atoms with Crippen molar-refractivity contribution in [1.29, 1.82) is 0 Å². The lowest BCUT2D eigenvalue weighted by Crippen LogP contribution is -2.41. The van der Waals surface area contributed by atoms with Crippen LogP contribution in [0.25, 0.3) is 0 Å². The number of carboxylic acid groups (broad SMARTS) is 2. The van der Waals surface area contributed by atoms with Crippen LogP contribution in [0.15, 0.2) is 12.7 Å². The fourth-order valence-corrected chi connectivity index (χ4v) is 2.07. The van der Waals surface area contributed by atoms with Crippen LogP contribution < -0.4 is 5.32 Å². The Labute approximate surface area is 131 Å². The van der Waals surface area contributed by atoms with E-state index in [1.54, 1.807) is 0 Å². The number of carbonyl (C=O) groups is 3. The maximum atomic E-state index is 11.6. The lowest BCUT2D eigenvalue weighted by molar-refractivity contribution is -0.143. The summed E-state index contributed by atoms with van der Waals surface area (Å²) in [7, 11) is 0. The normalized spacial score (nSPS) is 11.6. The van der Waals surface area contributed by atoms with Gasteiger partial charge in [-0.1, -0.05) is 31.8 Å². The molecule has 0 aliphatic carbocycles. The molecule has 6 heteroatoms. The predicted octanol–water partition coefficient (Wildman–Crippen LogP) is 2.73.